The molecular formula is C16H18F4O3. The molecule has 1 aromatic carbocycles. The first-order valence-electron chi connectivity index (χ1n) is 7.70. The Hall–Kier alpha value is -1.34. The fraction of sp³-hybridized carbons (Fsp3) is 0.625. The van der Waals surface area contributed by atoms with Crippen molar-refractivity contribution in [2.45, 2.75) is 56.8 Å². The predicted molar refractivity (Wildman–Crippen MR) is 73.3 cm³/mol. The molecule has 2 aliphatic rings. The molecule has 1 aliphatic heterocycles. The molecule has 1 aliphatic carbocycles. The van der Waals surface area contributed by atoms with E-state index in [1.165, 1.54) is 6.07 Å². The van der Waals surface area contributed by atoms with Gasteiger partial charge in [-0.15, -0.1) is 13.2 Å². The average Bonchev–Trinajstić information content (AvgIpc) is 2.45. The summed E-state index contributed by atoms with van der Waals surface area (Å²) in [7, 11) is 0. The van der Waals surface area contributed by atoms with Crippen molar-refractivity contribution in [3.05, 3.63) is 29.6 Å². The molecule has 0 amide bonds. The van der Waals surface area contributed by atoms with Crippen molar-refractivity contribution in [3.8, 4) is 5.75 Å². The van der Waals surface area contributed by atoms with Crippen LogP contribution in [0.5, 0.6) is 5.75 Å². The topological polar surface area (TPSA) is 38.7 Å². The average molecular weight is 334 g/mol. The lowest BCUT2D eigenvalue weighted by molar-refractivity contribution is -0.275. The zero-order chi connectivity index (χ0) is 16.6. The van der Waals surface area contributed by atoms with E-state index in [4.69, 9.17) is 9.84 Å². The minimum atomic E-state index is -4.90. The summed E-state index contributed by atoms with van der Waals surface area (Å²) in [6.45, 7) is 0. The van der Waals surface area contributed by atoms with E-state index in [2.05, 4.69) is 4.74 Å². The van der Waals surface area contributed by atoms with Gasteiger partial charge in [0.15, 0.2) is 17.9 Å². The van der Waals surface area contributed by atoms with Crippen molar-refractivity contribution >= 4 is 0 Å². The molecule has 2 fully saturated rings. The molecule has 0 bridgehead atoms. The predicted octanol–water partition coefficient (Wildman–Crippen LogP) is 4.11. The Balaban J connectivity index is 1.59. The summed E-state index contributed by atoms with van der Waals surface area (Å²) in [6.07, 6.45) is -1.30. The highest BCUT2D eigenvalue weighted by Crippen LogP contribution is 2.41. The summed E-state index contributed by atoms with van der Waals surface area (Å²) < 4.78 is 59.1. The minimum Gasteiger partial charge on any atom is -0.403 e. The molecule has 7 heteroatoms. The Morgan fingerprint density at radius 3 is 2.30 bits per heavy atom. The zero-order valence-electron chi connectivity index (χ0n) is 12.4. The number of ether oxygens (including phenoxy) is 2. The summed E-state index contributed by atoms with van der Waals surface area (Å²) in [5.41, 5.74) is 0.699. The molecule has 3 rings (SSSR count). The third kappa shape index (κ3) is 3.95. The summed E-state index contributed by atoms with van der Waals surface area (Å²) in [5.74, 6) is -1.27. The van der Waals surface area contributed by atoms with Crippen LogP contribution in [-0.4, -0.2) is 23.9 Å². The zero-order valence-corrected chi connectivity index (χ0v) is 12.4. The van der Waals surface area contributed by atoms with E-state index in [0.29, 0.717) is 17.9 Å². The Bertz CT molecular complexity index is 547. The SMILES string of the molecule is OC1CC(C2CCC(c3ccc(OC(F)(F)F)c(F)c3)CC2)O1. The number of rotatable bonds is 3. The monoisotopic (exact) mass is 334 g/mol. The van der Waals surface area contributed by atoms with Crippen LogP contribution in [0.15, 0.2) is 18.2 Å². The third-order valence-electron chi connectivity index (χ3n) is 4.72. The lowest BCUT2D eigenvalue weighted by atomic mass is 9.75. The smallest absolute Gasteiger partial charge is 0.403 e. The second kappa shape index (κ2) is 6.28. The fourth-order valence-electron chi connectivity index (χ4n) is 3.50. The Morgan fingerprint density at radius 2 is 1.78 bits per heavy atom. The largest absolute Gasteiger partial charge is 0.573 e. The highest BCUT2D eigenvalue weighted by molar-refractivity contribution is 5.31. The third-order valence-corrected chi connectivity index (χ3v) is 4.72. The second-order valence-electron chi connectivity index (χ2n) is 6.21. The molecule has 1 aromatic rings. The van der Waals surface area contributed by atoms with Crippen molar-refractivity contribution in [1.29, 1.82) is 0 Å². The molecule has 23 heavy (non-hydrogen) atoms. The number of hydrogen-bond acceptors (Lipinski definition) is 3. The molecule has 128 valence electrons. The van der Waals surface area contributed by atoms with Gasteiger partial charge in [-0.1, -0.05) is 6.07 Å². The minimum absolute atomic E-state index is 0.102. The van der Waals surface area contributed by atoms with Gasteiger partial charge in [0, 0.05) is 6.42 Å². The van der Waals surface area contributed by atoms with Gasteiger partial charge in [0.25, 0.3) is 0 Å². The molecule has 1 saturated heterocycles. The summed E-state index contributed by atoms with van der Waals surface area (Å²) >= 11 is 0. The maximum Gasteiger partial charge on any atom is 0.573 e. The molecule has 1 N–H and O–H groups in total. The number of alkyl halides is 3. The first kappa shape index (κ1) is 16.5. The first-order valence-corrected chi connectivity index (χ1v) is 7.70. The maximum absolute atomic E-state index is 13.8. The van der Waals surface area contributed by atoms with Gasteiger partial charge < -0.3 is 14.6 Å². The Labute approximate surface area is 131 Å². The Kier molecular flexibility index (Phi) is 4.51. The molecule has 1 heterocycles. The van der Waals surface area contributed by atoms with Crippen LogP contribution in [0.2, 0.25) is 0 Å². The normalized spacial score (nSPS) is 31.5. The maximum atomic E-state index is 13.8. The van der Waals surface area contributed by atoms with Gasteiger partial charge in [0.2, 0.25) is 0 Å². The number of benzene rings is 1. The van der Waals surface area contributed by atoms with Crippen molar-refractivity contribution in [3.63, 3.8) is 0 Å². The van der Waals surface area contributed by atoms with Crippen LogP contribution < -0.4 is 4.74 Å². The molecule has 1 saturated carbocycles. The van der Waals surface area contributed by atoms with Crippen molar-refractivity contribution in [2.24, 2.45) is 5.92 Å². The summed E-state index contributed by atoms with van der Waals surface area (Å²) in [4.78, 5) is 0. The molecule has 0 radical (unpaired) electrons. The molecular weight excluding hydrogens is 316 g/mol. The van der Waals surface area contributed by atoms with E-state index in [1.54, 1.807) is 0 Å². The fourth-order valence-corrected chi connectivity index (χ4v) is 3.50. The number of aliphatic hydroxyl groups excluding tert-OH is 1. The lowest BCUT2D eigenvalue weighted by Crippen LogP contribution is -2.43. The second-order valence-corrected chi connectivity index (χ2v) is 6.21. The molecule has 3 nitrogen and oxygen atoms in total. The number of aliphatic hydroxyl groups is 1. The highest BCUT2D eigenvalue weighted by atomic mass is 19.4. The van der Waals surface area contributed by atoms with Crippen molar-refractivity contribution in [2.75, 3.05) is 0 Å². The van der Waals surface area contributed by atoms with Crippen molar-refractivity contribution in [1.82, 2.24) is 0 Å². The van der Waals surface area contributed by atoms with Gasteiger partial charge in [-0.05, 0) is 55.2 Å². The van der Waals surface area contributed by atoms with E-state index in [9.17, 15) is 17.6 Å². The van der Waals surface area contributed by atoms with Crippen molar-refractivity contribution < 1.29 is 32.1 Å². The van der Waals surface area contributed by atoms with Gasteiger partial charge in [0.1, 0.15) is 0 Å². The quantitative estimate of drug-likeness (QED) is 0.846. The van der Waals surface area contributed by atoms with Gasteiger partial charge in [0.05, 0.1) is 6.10 Å². The van der Waals surface area contributed by atoms with E-state index in [0.717, 1.165) is 37.8 Å². The van der Waals surface area contributed by atoms with Crippen LogP contribution in [0.4, 0.5) is 17.6 Å². The molecule has 2 atom stereocenters. The van der Waals surface area contributed by atoms with Crippen LogP contribution in [0.3, 0.4) is 0 Å². The number of halogens is 4. The van der Waals surface area contributed by atoms with E-state index in [1.807, 2.05) is 0 Å². The van der Waals surface area contributed by atoms with Gasteiger partial charge in [-0.25, -0.2) is 4.39 Å². The first-order chi connectivity index (χ1) is 10.8. The summed E-state index contributed by atoms with van der Waals surface area (Å²) in [5, 5.41) is 9.16. The van der Waals surface area contributed by atoms with Crippen LogP contribution in [-0.2, 0) is 4.74 Å². The number of hydrogen-bond donors (Lipinski definition) is 1. The van der Waals surface area contributed by atoms with Gasteiger partial charge in [-0.2, -0.15) is 0 Å². The molecule has 0 aromatic heterocycles. The Morgan fingerprint density at radius 1 is 1.13 bits per heavy atom. The van der Waals surface area contributed by atoms with Crippen LogP contribution in [0.25, 0.3) is 0 Å². The van der Waals surface area contributed by atoms with Gasteiger partial charge >= 0.3 is 6.36 Å². The van der Waals surface area contributed by atoms with Crippen LogP contribution in [0.1, 0.15) is 43.6 Å². The lowest BCUT2D eigenvalue weighted by Gasteiger charge is -2.41. The highest BCUT2D eigenvalue weighted by Gasteiger charge is 2.37. The standard InChI is InChI=1S/C16H18F4O3/c17-12-7-11(5-6-13(12)23-16(18,19)20)9-1-3-10(4-2-9)14-8-15(21)22-14/h5-7,9-10,14-15,21H,1-4,8H2. The van der Waals surface area contributed by atoms with Gasteiger partial charge in [-0.3, -0.25) is 0 Å². The molecule has 0 spiro atoms. The van der Waals surface area contributed by atoms with E-state index < -0.39 is 24.2 Å². The van der Waals surface area contributed by atoms with E-state index in [-0.39, 0.29) is 12.0 Å². The summed E-state index contributed by atoms with van der Waals surface area (Å²) in [6, 6.07) is 3.67. The van der Waals surface area contributed by atoms with Crippen LogP contribution in [0, 0.1) is 11.7 Å². The van der Waals surface area contributed by atoms with Crippen LogP contribution >= 0.6 is 0 Å². The molecule has 2 unspecified atom stereocenters. The van der Waals surface area contributed by atoms with E-state index >= 15 is 0 Å².